The maximum absolute atomic E-state index is 13.1. The summed E-state index contributed by atoms with van der Waals surface area (Å²) in [5.74, 6) is -4.97. The highest BCUT2D eigenvalue weighted by Gasteiger charge is 2.57. The molecule has 1 aliphatic carbocycles. The predicted molar refractivity (Wildman–Crippen MR) is 108 cm³/mol. The van der Waals surface area contributed by atoms with Gasteiger partial charge < -0.3 is 14.6 Å². The molecule has 1 aromatic rings. The van der Waals surface area contributed by atoms with Crippen molar-refractivity contribution in [1.82, 2.24) is 0 Å². The van der Waals surface area contributed by atoms with E-state index in [-0.39, 0.29) is 6.42 Å². The number of carbonyl (C=O) groups excluding carboxylic acids is 3. The Kier molecular flexibility index (Phi) is 6.29. The van der Waals surface area contributed by atoms with Crippen molar-refractivity contribution in [2.45, 2.75) is 77.6 Å². The summed E-state index contributed by atoms with van der Waals surface area (Å²) >= 11 is 0. The van der Waals surface area contributed by atoms with Gasteiger partial charge >= 0.3 is 11.9 Å². The van der Waals surface area contributed by atoms with Gasteiger partial charge in [-0.1, -0.05) is 30.3 Å². The van der Waals surface area contributed by atoms with Gasteiger partial charge in [0, 0.05) is 12.3 Å². The number of rotatable bonds is 3. The van der Waals surface area contributed by atoms with Crippen LogP contribution in [0.5, 0.6) is 0 Å². The van der Waals surface area contributed by atoms with E-state index in [0.717, 1.165) is 0 Å². The highest BCUT2D eigenvalue weighted by atomic mass is 16.6. The van der Waals surface area contributed by atoms with Gasteiger partial charge in [0.25, 0.3) is 0 Å². The molecule has 6 heteroatoms. The van der Waals surface area contributed by atoms with E-state index < -0.39 is 52.3 Å². The molecular weight excluding hydrogens is 372 g/mol. The number of ether oxygens (including phenoxy) is 2. The fraction of sp³-hybridized carbons (Fsp3) is 0.609. The minimum atomic E-state index is -1.65. The largest absolute Gasteiger partial charge is 0.460 e. The summed E-state index contributed by atoms with van der Waals surface area (Å²) in [6, 6.07) is 8.82. The number of aliphatic hydroxyl groups is 1. The van der Waals surface area contributed by atoms with Crippen molar-refractivity contribution in [3.05, 3.63) is 35.9 Å². The molecule has 0 aliphatic heterocycles. The topological polar surface area (TPSA) is 89.9 Å². The van der Waals surface area contributed by atoms with Crippen LogP contribution in [0.3, 0.4) is 0 Å². The van der Waals surface area contributed by atoms with Gasteiger partial charge in [-0.2, -0.15) is 0 Å². The Morgan fingerprint density at radius 3 is 1.93 bits per heavy atom. The summed E-state index contributed by atoms with van der Waals surface area (Å²) in [7, 11) is 0. The normalized spacial score (nSPS) is 28.0. The van der Waals surface area contributed by atoms with E-state index in [0.29, 0.717) is 5.56 Å². The number of esters is 2. The van der Waals surface area contributed by atoms with Crippen LogP contribution in [0, 0.1) is 11.8 Å². The van der Waals surface area contributed by atoms with E-state index in [2.05, 4.69) is 0 Å². The average molecular weight is 405 g/mol. The van der Waals surface area contributed by atoms with Crippen molar-refractivity contribution in [2.75, 3.05) is 0 Å². The second kappa shape index (κ2) is 7.90. The number of Topliss-reactive ketones (excluding diaryl/α,β-unsaturated/α-hetero) is 1. The van der Waals surface area contributed by atoms with Crippen molar-refractivity contribution in [2.24, 2.45) is 11.8 Å². The lowest BCUT2D eigenvalue weighted by atomic mass is 9.61. The Bertz CT molecular complexity index is 767. The number of hydrogen-bond acceptors (Lipinski definition) is 6. The SMILES string of the molecule is CC(C)(C)OC(=O)[C@@H]1C(=O)C[C@@](C)(O)[C@@H](C(=O)OC(C)(C)C)[C@H]1c1ccccc1. The van der Waals surface area contributed by atoms with Gasteiger partial charge in [0.1, 0.15) is 17.1 Å². The highest BCUT2D eigenvalue weighted by molar-refractivity contribution is 6.03. The molecule has 0 amide bonds. The van der Waals surface area contributed by atoms with Crippen LogP contribution in [0.25, 0.3) is 0 Å². The van der Waals surface area contributed by atoms with Crippen molar-refractivity contribution < 1.29 is 29.0 Å². The van der Waals surface area contributed by atoms with Gasteiger partial charge in [0.05, 0.1) is 11.5 Å². The Labute approximate surface area is 172 Å². The molecule has 1 saturated carbocycles. The van der Waals surface area contributed by atoms with Gasteiger partial charge in [0.2, 0.25) is 0 Å². The molecule has 1 aromatic carbocycles. The number of hydrogen-bond donors (Lipinski definition) is 1. The fourth-order valence-electron chi connectivity index (χ4n) is 3.82. The summed E-state index contributed by atoms with van der Waals surface area (Å²) in [6.07, 6.45) is -0.329. The second-order valence-corrected chi connectivity index (χ2v) is 9.96. The van der Waals surface area contributed by atoms with E-state index in [9.17, 15) is 19.5 Å². The molecule has 0 aromatic heterocycles. The van der Waals surface area contributed by atoms with E-state index in [1.807, 2.05) is 0 Å². The van der Waals surface area contributed by atoms with Gasteiger partial charge in [-0.05, 0) is 54.0 Å². The Morgan fingerprint density at radius 2 is 1.45 bits per heavy atom. The Morgan fingerprint density at radius 1 is 0.966 bits per heavy atom. The molecule has 6 nitrogen and oxygen atoms in total. The molecule has 1 fully saturated rings. The summed E-state index contributed by atoms with van der Waals surface area (Å²) in [5, 5.41) is 11.1. The monoisotopic (exact) mass is 404 g/mol. The number of carbonyl (C=O) groups is 3. The maximum Gasteiger partial charge on any atom is 0.317 e. The quantitative estimate of drug-likeness (QED) is 0.613. The molecule has 2 rings (SSSR count). The van der Waals surface area contributed by atoms with Crippen LogP contribution in [-0.4, -0.2) is 39.6 Å². The van der Waals surface area contributed by atoms with Crippen LogP contribution in [0.4, 0.5) is 0 Å². The third-order valence-corrected chi connectivity index (χ3v) is 4.77. The first-order chi connectivity index (χ1) is 13.1. The Hall–Kier alpha value is -2.21. The zero-order chi connectivity index (χ0) is 22.2. The molecular formula is C23H32O6. The minimum absolute atomic E-state index is 0.329. The summed E-state index contributed by atoms with van der Waals surface area (Å²) in [4.78, 5) is 39.1. The summed E-state index contributed by atoms with van der Waals surface area (Å²) in [6.45, 7) is 11.8. The third-order valence-electron chi connectivity index (χ3n) is 4.77. The Balaban J connectivity index is 2.59. The van der Waals surface area contributed by atoms with Crippen LogP contribution in [0.15, 0.2) is 30.3 Å². The molecule has 0 radical (unpaired) electrons. The van der Waals surface area contributed by atoms with Crippen LogP contribution in [0.1, 0.15) is 66.4 Å². The minimum Gasteiger partial charge on any atom is -0.460 e. The lowest BCUT2D eigenvalue weighted by molar-refractivity contribution is -0.182. The third kappa shape index (κ3) is 5.66. The first kappa shape index (κ1) is 23.1. The average Bonchev–Trinajstić information content (AvgIpc) is 2.50. The van der Waals surface area contributed by atoms with Gasteiger partial charge in [-0.15, -0.1) is 0 Å². The van der Waals surface area contributed by atoms with E-state index in [1.165, 1.54) is 6.92 Å². The summed E-state index contributed by atoms with van der Waals surface area (Å²) < 4.78 is 11.1. The van der Waals surface area contributed by atoms with Crippen LogP contribution < -0.4 is 0 Å². The zero-order valence-electron chi connectivity index (χ0n) is 18.3. The van der Waals surface area contributed by atoms with Gasteiger partial charge in [0.15, 0.2) is 5.78 Å². The summed E-state index contributed by atoms with van der Waals surface area (Å²) in [5.41, 5.74) is -2.62. The number of benzene rings is 1. The van der Waals surface area contributed by atoms with E-state index in [1.54, 1.807) is 71.9 Å². The molecule has 160 valence electrons. The smallest absolute Gasteiger partial charge is 0.317 e. The predicted octanol–water partition coefficient (Wildman–Crippen LogP) is 3.41. The molecule has 0 saturated heterocycles. The molecule has 1 N–H and O–H groups in total. The molecule has 0 bridgehead atoms. The van der Waals surface area contributed by atoms with E-state index in [4.69, 9.17) is 9.47 Å². The van der Waals surface area contributed by atoms with Crippen molar-refractivity contribution in [3.63, 3.8) is 0 Å². The van der Waals surface area contributed by atoms with Crippen molar-refractivity contribution in [3.8, 4) is 0 Å². The fourth-order valence-corrected chi connectivity index (χ4v) is 3.82. The first-order valence-electron chi connectivity index (χ1n) is 9.88. The van der Waals surface area contributed by atoms with Crippen LogP contribution in [0.2, 0.25) is 0 Å². The van der Waals surface area contributed by atoms with E-state index >= 15 is 0 Å². The molecule has 29 heavy (non-hydrogen) atoms. The first-order valence-corrected chi connectivity index (χ1v) is 9.88. The lowest BCUT2D eigenvalue weighted by Crippen LogP contribution is -2.56. The van der Waals surface area contributed by atoms with Crippen LogP contribution >= 0.6 is 0 Å². The van der Waals surface area contributed by atoms with Gasteiger partial charge in [-0.3, -0.25) is 14.4 Å². The maximum atomic E-state index is 13.1. The molecule has 4 atom stereocenters. The van der Waals surface area contributed by atoms with Crippen molar-refractivity contribution >= 4 is 17.7 Å². The molecule has 0 heterocycles. The van der Waals surface area contributed by atoms with Crippen molar-refractivity contribution in [1.29, 1.82) is 0 Å². The zero-order valence-corrected chi connectivity index (χ0v) is 18.3. The standard InChI is InChI=1S/C23H32O6/c1-21(2,3)28-19(25)17-15(24)13-23(7,27)18(20(26)29-22(4,5)6)16(17)14-11-9-8-10-12-14/h8-12,16-18,27H,13H2,1-7H3/t16-,17+,18+,23+/m0/s1. The van der Waals surface area contributed by atoms with Crippen LogP contribution in [-0.2, 0) is 23.9 Å². The molecule has 0 spiro atoms. The molecule has 1 aliphatic rings. The molecule has 0 unspecified atom stereocenters. The van der Waals surface area contributed by atoms with Gasteiger partial charge in [-0.25, -0.2) is 0 Å². The highest BCUT2D eigenvalue weighted by Crippen LogP contribution is 2.47. The number of ketones is 1. The second-order valence-electron chi connectivity index (χ2n) is 9.96. The lowest BCUT2D eigenvalue weighted by Gasteiger charge is -2.44.